The van der Waals surface area contributed by atoms with E-state index in [4.69, 9.17) is 0 Å². The summed E-state index contributed by atoms with van der Waals surface area (Å²) in [7, 11) is 1.81. The van der Waals surface area contributed by atoms with Crippen LogP contribution in [0.25, 0.3) is 0 Å². The predicted molar refractivity (Wildman–Crippen MR) is 88.0 cm³/mol. The van der Waals surface area contributed by atoms with Crippen LogP contribution in [0.15, 0.2) is 24.3 Å². The molecule has 0 spiro atoms. The minimum Gasteiger partial charge on any atom is -0.352 e. The van der Waals surface area contributed by atoms with Crippen LogP contribution in [0.2, 0.25) is 0 Å². The second kappa shape index (κ2) is 10.2. The summed E-state index contributed by atoms with van der Waals surface area (Å²) in [6.07, 6.45) is 0.893. The minimum atomic E-state index is -0.127. The van der Waals surface area contributed by atoms with Crippen molar-refractivity contribution >= 4 is 29.9 Å². The topological polar surface area (TPSA) is 70.2 Å². The van der Waals surface area contributed by atoms with Gasteiger partial charge in [-0.1, -0.05) is 19.9 Å². The summed E-state index contributed by atoms with van der Waals surface area (Å²) in [5.41, 5.74) is 1.19. The Morgan fingerprint density at radius 1 is 1.29 bits per heavy atom. The number of carbonyl (C=O) groups excluding carboxylic acids is 2. The molecular weight excluding hydrogens is 290 g/mol. The molecule has 6 heteroatoms. The SMILES string of the molecule is CCCNC(=O)c1cccc(NC(=O)C(C)CNC)c1.Cl. The quantitative estimate of drug-likeness (QED) is 0.721. The Morgan fingerprint density at radius 2 is 2.00 bits per heavy atom. The largest absolute Gasteiger partial charge is 0.352 e. The molecule has 3 N–H and O–H groups in total. The molecule has 0 heterocycles. The summed E-state index contributed by atoms with van der Waals surface area (Å²) < 4.78 is 0. The molecule has 0 saturated heterocycles. The highest BCUT2D eigenvalue weighted by molar-refractivity contribution is 5.97. The Hall–Kier alpha value is -1.59. The molecule has 0 saturated carbocycles. The zero-order valence-electron chi connectivity index (χ0n) is 12.7. The third-order valence-electron chi connectivity index (χ3n) is 2.89. The van der Waals surface area contributed by atoms with Gasteiger partial charge in [-0.3, -0.25) is 9.59 Å². The first-order chi connectivity index (χ1) is 9.58. The predicted octanol–water partition coefficient (Wildman–Crippen LogP) is 2.04. The Balaban J connectivity index is 0.00000400. The molecule has 1 unspecified atom stereocenters. The molecule has 1 rings (SSSR count). The minimum absolute atomic E-state index is 0. The van der Waals surface area contributed by atoms with Crippen LogP contribution in [0, 0.1) is 5.92 Å². The average molecular weight is 314 g/mol. The highest BCUT2D eigenvalue weighted by atomic mass is 35.5. The monoisotopic (exact) mass is 313 g/mol. The number of benzene rings is 1. The van der Waals surface area contributed by atoms with Crippen LogP contribution >= 0.6 is 12.4 Å². The van der Waals surface area contributed by atoms with Crippen LogP contribution < -0.4 is 16.0 Å². The van der Waals surface area contributed by atoms with Gasteiger partial charge in [-0.05, 0) is 31.7 Å². The number of nitrogens with one attached hydrogen (secondary N) is 3. The lowest BCUT2D eigenvalue weighted by Crippen LogP contribution is -2.29. The van der Waals surface area contributed by atoms with E-state index in [-0.39, 0.29) is 30.1 Å². The van der Waals surface area contributed by atoms with E-state index in [1.807, 2.05) is 20.9 Å². The number of hydrogen-bond donors (Lipinski definition) is 3. The molecule has 1 aromatic carbocycles. The molecule has 0 radical (unpaired) electrons. The number of rotatable bonds is 7. The Morgan fingerprint density at radius 3 is 2.62 bits per heavy atom. The van der Waals surface area contributed by atoms with Crippen LogP contribution in [-0.2, 0) is 4.79 Å². The average Bonchev–Trinajstić information content (AvgIpc) is 2.45. The molecule has 0 bridgehead atoms. The summed E-state index contributed by atoms with van der Waals surface area (Å²) >= 11 is 0. The Labute approximate surface area is 132 Å². The first-order valence-electron chi connectivity index (χ1n) is 6.92. The van der Waals surface area contributed by atoms with Crippen LogP contribution in [0.3, 0.4) is 0 Å². The molecule has 5 nitrogen and oxygen atoms in total. The fourth-order valence-electron chi connectivity index (χ4n) is 1.74. The van der Waals surface area contributed by atoms with Gasteiger partial charge in [-0.2, -0.15) is 0 Å². The van der Waals surface area contributed by atoms with Crippen LogP contribution in [0.1, 0.15) is 30.6 Å². The molecule has 1 aromatic rings. The third-order valence-corrected chi connectivity index (χ3v) is 2.89. The summed E-state index contributed by atoms with van der Waals surface area (Å²) in [6.45, 7) is 5.11. The molecular formula is C15H24ClN3O2. The molecule has 2 amide bonds. The van der Waals surface area contributed by atoms with Crippen molar-refractivity contribution in [3.63, 3.8) is 0 Å². The van der Waals surface area contributed by atoms with Gasteiger partial charge < -0.3 is 16.0 Å². The number of anilines is 1. The van der Waals surface area contributed by atoms with Crippen molar-refractivity contribution in [1.82, 2.24) is 10.6 Å². The maximum atomic E-state index is 11.9. The van der Waals surface area contributed by atoms with Crippen molar-refractivity contribution in [3.05, 3.63) is 29.8 Å². The molecule has 0 fully saturated rings. The highest BCUT2D eigenvalue weighted by Crippen LogP contribution is 2.12. The maximum Gasteiger partial charge on any atom is 0.251 e. The van der Waals surface area contributed by atoms with Crippen molar-refractivity contribution in [2.75, 3.05) is 25.5 Å². The summed E-state index contributed by atoms with van der Waals surface area (Å²) in [5.74, 6) is -0.311. The number of halogens is 1. The summed E-state index contributed by atoms with van der Waals surface area (Å²) in [6, 6.07) is 6.96. The number of hydrogen-bond acceptors (Lipinski definition) is 3. The normalized spacial score (nSPS) is 11.2. The van der Waals surface area contributed by atoms with Crippen LogP contribution in [0.4, 0.5) is 5.69 Å². The second-order valence-corrected chi connectivity index (χ2v) is 4.78. The van der Waals surface area contributed by atoms with Crippen LogP contribution in [-0.4, -0.2) is 32.0 Å². The van der Waals surface area contributed by atoms with Crippen molar-refractivity contribution in [1.29, 1.82) is 0 Å². The fourth-order valence-corrected chi connectivity index (χ4v) is 1.74. The van der Waals surface area contributed by atoms with Crippen LogP contribution in [0.5, 0.6) is 0 Å². The molecule has 1 atom stereocenters. The molecule has 0 aliphatic carbocycles. The second-order valence-electron chi connectivity index (χ2n) is 4.78. The van der Waals surface area contributed by atoms with Crippen molar-refractivity contribution in [2.45, 2.75) is 20.3 Å². The van der Waals surface area contributed by atoms with Gasteiger partial charge in [0.25, 0.3) is 5.91 Å². The smallest absolute Gasteiger partial charge is 0.251 e. The lowest BCUT2D eigenvalue weighted by atomic mass is 10.1. The van der Waals surface area contributed by atoms with Crippen molar-refractivity contribution < 1.29 is 9.59 Å². The van der Waals surface area contributed by atoms with E-state index in [1.165, 1.54) is 0 Å². The van der Waals surface area contributed by atoms with Gasteiger partial charge in [0, 0.05) is 30.3 Å². The Kier molecular flexibility index (Phi) is 9.41. The van der Waals surface area contributed by atoms with E-state index >= 15 is 0 Å². The number of amides is 2. The van der Waals surface area contributed by atoms with E-state index in [2.05, 4.69) is 16.0 Å². The van der Waals surface area contributed by atoms with E-state index in [0.717, 1.165) is 6.42 Å². The lowest BCUT2D eigenvalue weighted by molar-refractivity contribution is -0.119. The fraction of sp³-hybridized carbons (Fsp3) is 0.467. The van der Waals surface area contributed by atoms with Gasteiger partial charge in [0.1, 0.15) is 0 Å². The zero-order valence-corrected chi connectivity index (χ0v) is 13.5. The van der Waals surface area contributed by atoms with E-state index in [0.29, 0.717) is 24.3 Å². The van der Waals surface area contributed by atoms with Gasteiger partial charge in [0.05, 0.1) is 0 Å². The van der Waals surface area contributed by atoms with E-state index in [1.54, 1.807) is 24.3 Å². The molecule has 0 aromatic heterocycles. The van der Waals surface area contributed by atoms with Gasteiger partial charge in [-0.25, -0.2) is 0 Å². The summed E-state index contributed by atoms with van der Waals surface area (Å²) in [5, 5.41) is 8.59. The molecule has 0 aliphatic rings. The van der Waals surface area contributed by atoms with Crippen molar-refractivity contribution in [3.8, 4) is 0 Å². The highest BCUT2D eigenvalue weighted by Gasteiger charge is 2.12. The molecule has 118 valence electrons. The van der Waals surface area contributed by atoms with Crippen molar-refractivity contribution in [2.24, 2.45) is 5.92 Å². The molecule has 0 aliphatic heterocycles. The number of carbonyl (C=O) groups is 2. The van der Waals surface area contributed by atoms with Gasteiger partial charge >= 0.3 is 0 Å². The van der Waals surface area contributed by atoms with Gasteiger partial charge in [0.15, 0.2) is 0 Å². The first-order valence-corrected chi connectivity index (χ1v) is 6.92. The molecule has 21 heavy (non-hydrogen) atoms. The standard InChI is InChI=1S/C15H23N3O2.ClH/c1-4-8-17-15(20)12-6-5-7-13(9-12)18-14(19)11(2)10-16-3;/h5-7,9,11,16H,4,8,10H2,1-3H3,(H,17,20)(H,18,19);1H. The zero-order chi connectivity index (χ0) is 15.0. The maximum absolute atomic E-state index is 11.9. The first kappa shape index (κ1) is 19.4. The Bertz CT molecular complexity index is 466. The third kappa shape index (κ3) is 6.60. The van der Waals surface area contributed by atoms with E-state index in [9.17, 15) is 9.59 Å². The van der Waals surface area contributed by atoms with E-state index < -0.39 is 0 Å². The summed E-state index contributed by atoms with van der Waals surface area (Å²) in [4.78, 5) is 23.7. The van der Waals surface area contributed by atoms with Gasteiger partial charge in [0.2, 0.25) is 5.91 Å². The van der Waals surface area contributed by atoms with Gasteiger partial charge in [-0.15, -0.1) is 12.4 Å². The lowest BCUT2D eigenvalue weighted by Gasteiger charge is -2.12.